The Morgan fingerprint density at radius 3 is 2.13 bits per heavy atom. The monoisotopic (exact) mass is 413 g/mol. The number of para-hydroxylation sites is 1. The van der Waals surface area contributed by atoms with Crippen molar-refractivity contribution < 1.29 is 18.7 Å². The van der Waals surface area contributed by atoms with Crippen LogP contribution in [0.15, 0.2) is 101 Å². The highest BCUT2D eigenvalue weighted by atomic mass is 16.5. The number of hydrogen-bond donors (Lipinski definition) is 1. The number of benzene rings is 3. The van der Waals surface area contributed by atoms with Crippen LogP contribution in [0.2, 0.25) is 0 Å². The molecule has 5 nitrogen and oxygen atoms in total. The number of carbonyl (C=O) groups is 1. The van der Waals surface area contributed by atoms with Crippen LogP contribution in [-0.2, 0) is 6.61 Å². The first kappa shape index (κ1) is 20.3. The van der Waals surface area contributed by atoms with Crippen LogP contribution in [0.25, 0.3) is 0 Å². The third-order valence-corrected chi connectivity index (χ3v) is 4.87. The maximum atomic E-state index is 12.9. The van der Waals surface area contributed by atoms with Crippen molar-refractivity contribution in [2.45, 2.75) is 12.6 Å². The first-order chi connectivity index (χ1) is 15.2. The van der Waals surface area contributed by atoms with Crippen molar-refractivity contribution in [1.29, 1.82) is 0 Å². The molecule has 1 amide bonds. The first-order valence-electron chi connectivity index (χ1n) is 9.99. The number of rotatable bonds is 8. The molecule has 31 heavy (non-hydrogen) atoms. The first-order valence-corrected chi connectivity index (χ1v) is 9.99. The minimum absolute atomic E-state index is 0.237. The number of ether oxygens (including phenoxy) is 2. The van der Waals surface area contributed by atoms with Crippen LogP contribution in [-0.4, -0.2) is 13.0 Å². The number of nitrogens with one attached hydrogen (secondary N) is 1. The van der Waals surface area contributed by atoms with Gasteiger partial charge in [-0.3, -0.25) is 4.79 Å². The van der Waals surface area contributed by atoms with Crippen LogP contribution in [0, 0.1) is 0 Å². The zero-order chi connectivity index (χ0) is 21.5. The van der Waals surface area contributed by atoms with E-state index in [0.29, 0.717) is 5.76 Å². The molecule has 4 rings (SSSR count). The summed E-state index contributed by atoms with van der Waals surface area (Å²) >= 11 is 0. The van der Waals surface area contributed by atoms with Gasteiger partial charge in [0.25, 0.3) is 5.91 Å². The number of methoxy groups -OCH3 is 1. The molecule has 0 aliphatic heterocycles. The van der Waals surface area contributed by atoms with Crippen LogP contribution in [0.5, 0.6) is 11.5 Å². The Kier molecular flexibility index (Phi) is 6.33. The topological polar surface area (TPSA) is 60.7 Å². The van der Waals surface area contributed by atoms with Crippen molar-refractivity contribution in [3.8, 4) is 11.5 Å². The van der Waals surface area contributed by atoms with Crippen molar-refractivity contribution >= 4 is 5.91 Å². The van der Waals surface area contributed by atoms with Gasteiger partial charge in [-0.15, -0.1) is 0 Å². The van der Waals surface area contributed by atoms with Crippen molar-refractivity contribution in [1.82, 2.24) is 5.32 Å². The predicted octanol–water partition coefficient (Wildman–Crippen LogP) is 5.39. The smallest absolute Gasteiger partial charge is 0.287 e. The van der Waals surface area contributed by atoms with E-state index in [1.54, 1.807) is 19.2 Å². The summed E-state index contributed by atoms with van der Waals surface area (Å²) < 4.78 is 16.7. The molecule has 0 saturated heterocycles. The number of furan rings is 1. The van der Waals surface area contributed by atoms with Crippen LogP contribution in [0.3, 0.4) is 0 Å². The molecule has 1 aromatic heterocycles. The summed E-state index contributed by atoms with van der Waals surface area (Å²) in [6.07, 6.45) is 0. The zero-order valence-corrected chi connectivity index (χ0v) is 17.2. The predicted molar refractivity (Wildman–Crippen MR) is 118 cm³/mol. The Hall–Kier alpha value is -3.99. The van der Waals surface area contributed by atoms with E-state index in [4.69, 9.17) is 13.9 Å². The van der Waals surface area contributed by atoms with Gasteiger partial charge in [-0.25, -0.2) is 0 Å². The Morgan fingerprint density at radius 1 is 0.806 bits per heavy atom. The van der Waals surface area contributed by atoms with E-state index in [1.165, 1.54) is 0 Å². The van der Waals surface area contributed by atoms with E-state index in [9.17, 15) is 4.79 Å². The fraction of sp³-hybridized carbons (Fsp3) is 0.115. The molecule has 0 fully saturated rings. The van der Waals surface area contributed by atoms with Gasteiger partial charge in [0.2, 0.25) is 0 Å². The summed E-state index contributed by atoms with van der Waals surface area (Å²) in [6, 6.07) is 30.0. The van der Waals surface area contributed by atoms with E-state index in [2.05, 4.69) is 5.32 Å². The number of hydrogen-bond acceptors (Lipinski definition) is 4. The minimum Gasteiger partial charge on any atom is -0.497 e. The lowest BCUT2D eigenvalue weighted by atomic mass is 9.98. The Balaban J connectivity index is 1.49. The molecule has 1 N–H and O–H groups in total. The second kappa shape index (κ2) is 9.67. The van der Waals surface area contributed by atoms with Gasteiger partial charge in [-0.05, 0) is 47.5 Å². The van der Waals surface area contributed by atoms with E-state index >= 15 is 0 Å². The highest BCUT2D eigenvalue weighted by molar-refractivity contribution is 5.92. The van der Waals surface area contributed by atoms with Crippen molar-refractivity contribution in [3.63, 3.8) is 0 Å². The summed E-state index contributed by atoms with van der Waals surface area (Å²) in [5.74, 6) is 2.02. The molecule has 4 aromatic rings. The molecule has 0 bridgehead atoms. The summed E-state index contributed by atoms with van der Waals surface area (Å²) in [7, 11) is 1.63. The lowest BCUT2D eigenvalue weighted by Crippen LogP contribution is -2.29. The lowest BCUT2D eigenvalue weighted by molar-refractivity contribution is 0.0911. The normalized spacial score (nSPS) is 11.5. The molecular weight excluding hydrogens is 390 g/mol. The van der Waals surface area contributed by atoms with Crippen molar-refractivity contribution in [3.05, 3.63) is 120 Å². The van der Waals surface area contributed by atoms with Crippen molar-refractivity contribution in [2.24, 2.45) is 0 Å². The van der Waals surface area contributed by atoms with Crippen molar-refractivity contribution in [2.75, 3.05) is 7.11 Å². The van der Waals surface area contributed by atoms with E-state index in [0.717, 1.165) is 22.6 Å². The van der Waals surface area contributed by atoms with E-state index in [-0.39, 0.29) is 24.3 Å². The third kappa shape index (κ3) is 5.14. The number of carbonyl (C=O) groups excluding carboxylic acids is 1. The Labute approximate surface area is 181 Å². The third-order valence-electron chi connectivity index (χ3n) is 4.87. The average molecular weight is 413 g/mol. The fourth-order valence-electron chi connectivity index (χ4n) is 3.25. The molecule has 5 heteroatoms. The van der Waals surface area contributed by atoms with Gasteiger partial charge in [-0.2, -0.15) is 0 Å². The summed E-state index contributed by atoms with van der Waals surface area (Å²) in [6.45, 7) is 0.248. The van der Waals surface area contributed by atoms with Gasteiger partial charge >= 0.3 is 0 Å². The largest absolute Gasteiger partial charge is 0.497 e. The standard InChI is InChI=1S/C26H23NO4/c1-29-21-14-12-20(13-15-21)25(19-8-4-2-5-9-19)27-26(28)24-17-16-23(31-24)18-30-22-10-6-3-7-11-22/h2-17,25H,18H2,1H3,(H,27,28). The molecule has 156 valence electrons. The average Bonchev–Trinajstić information content (AvgIpc) is 3.32. The molecule has 0 spiro atoms. The van der Waals surface area contributed by atoms with E-state index in [1.807, 2.05) is 84.9 Å². The lowest BCUT2D eigenvalue weighted by Gasteiger charge is -2.19. The van der Waals surface area contributed by atoms with Gasteiger partial charge in [0.15, 0.2) is 5.76 Å². The molecule has 0 radical (unpaired) electrons. The minimum atomic E-state index is -0.325. The molecule has 0 aliphatic rings. The molecule has 1 unspecified atom stereocenters. The van der Waals surface area contributed by atoms with Gasteiger partial charge in [-0.1, -0.05) is 60.7 Å². The van der Waals surface area contributed by atoms with Gasteiger partial charge in [0, 0.05) is 0 Å². The van der Waals surface area contributed by atoms with Gasteiger partial charge in [0.1, 0.15) is 23.9 Å². The highest BCUT2D eigenvalue weighted by Crippen LogP contribution is 2.25. The molecular formula is C26H23NO4. The molecule has 1 atom stereocenters. The molecule has 0 saturated carbocycles. The summed E-state index contributed by atoms with van der Waals surface area (Å²) in [5.41, 5.74) is 1.92. The number of amides is 1. The van der Waals surface area contributed by atoms with Crippen LogP contribution < -0.4 is 14.8 Å². The van der Waals surface area contributed by atoms with Crippen LogP contribution in [0.4, 0.5) is 0 Å². The summed E-state index contributed by atoms with van der Waals surface area (Å²) in [5, 5.41) is 3.08. The molecule has 3 aromatic carbocycles. The van der Waals surface area contributed by atoms with Gasteiger partial charge in [0.05, 0.1) is 13.2 Å². The molecule has 0 aliphatic carbocycles. The van der Waals surface area contributed by atoms with Crippen LogP contribution in [0.1, 0.15) is 33.5 Å². The quantitative estimate of drug-likeness (QED) is 0.421. The SMILES string of the molecule is COc1ccc(C(NC(=O)c2ccc(COc3ccccc3)o2)c2ccccc2)cc1. The van der Waals surface area contributed by atoms with Crippen LogP contribution >= 0.6 is 0 Å². The zero-order valence-electron chi connectivity index (χ0n) is 17.2. The maximum Gasteiger partial charge on any atom is 0.287 e. The second-order valence-electron chi connectivity index (χ2n) is 6.96. The van der Waals surface area contributed by atoms with E-state index < -0.39 is 0 Å². The molecule has 1 heterocycles. The fourth-order valence-corrected chi connectivity index (χ4v) is 3.25. The van der Waals surface area contributed by atoms with Gasteiger partial charge < -0.3 is 19.2 Å². The maximum absolute atomic E-state index is 12.9. The second-order valence-corrected chi connectivity index (χ2v) is 6.96. The Bertz CT molecular complexity index is 1110. The highest BCUT2D eigenvalue weighted by Gasteiger charge is 2.20. The summed E-state index contributed by atoms with van der Waals surface area (Å²) in [4.78, 5) is 12.9. The Morgan fingerprint density at radius 2 is 1.45 bits per heavy atom.